The number of nitro benzene ring substituents is 1. The number of carbonyl (C=O) groups excluding carboxylic acids is 2. The molecule has 1 saturated heterocycles. The highest BCUT2D eigenvalue weighted by Gasteiger charge is 2.44. The molecule has 0 radical (unpaired) electrons. The van der Waals surface area contributed by atoms with Crippen LogP contribution in [0.15, 0.2) is 54.6 Å². The lowest BCUT2D eigenvalue weighted by molar-refractivity contribution is -0.385. The fraction of sp³-hybridized carbons (Fsp3) is 0.333. The number of benzene rings is 2. The van der Waals surface area contributed by atoms with Crippen molar-refractivity contribution in [2.45, 2.75) is 31.8 Å². The van der Waals surface area contributed by atoms with Crippen LogP contribution >= 0.6 is 0 Å². The summed E-state index contributed by atoms with van der Waals surface area (Å²) in [7, 11) is 0. The third-order valence-electron chi connectivity index (χ3n) is 5.33. The molecule has 0 bridgehead atoms. The van der Waals surface area contributed by atoms with Crippen LogP contribution in [0.4, 0.5) is 5.69 Å². The number of nitro groups is 1. The first-order valence-corrected chi connectivity index (χ1v) is 9.14. The number of likely N-dealkylation sites (tertiary alicyclic amines) is 1. The first-order chi connectivity index (χ1) is 13.4. The van der Waals surface area contributed by atoms with Gasteiger partial charge in [-0.15, -0.1) is 0 Å². The number of hydrogen-bond donors (Lipinski definition) is 0. The van der Waals surface area contributed by atoms with Gasteiger partial charge in [0, 0.05) is 26.1 Å². The van der Waals surface area contributed by atoms with E-state index in [1.165, 1.54) is 13.0 Å². The smallest absolute Gasteiger partial charge is 0.317 e. The van der Waals surface area contributed by atoms with Crippen molar-refractivity contribution in [2.75, 3.05) is 13.1 Å². The van der Waals surface area contributed by atoms with Gasteiger partial charge in [0.05, 0.1) is 15.9 Å². The summed E-state index contributed by atoms with van der Waals surface area (Å²) in [5.41, 5.74) is 0.253. The van der Waals surface area contributed by atoms with E-state index in [9.17, 15) is 19.7 Å². The van der Waals surface area contributed by atoms with Crippen LogP contribution in [0.5, 0.6) is 0 Å². The zero-order valence-corrected chi connectivity index (χ0v) is 15.7. The predicted molar refractivity (Wildman–Crippen MR) is 103 cm³/mol. The van der Waals surface area contributed by atoms with Crippen molar-refractivity contribution >= 4 is 17.6 Å². The Morgan fingerprint density at radius 2 is 1.68 bits per heavy atom. The number of carbonyl (C=O) groups is 2. The summed E-state index contributed by atoms with van der Waals surface area (Å²) in [6.07, 6.45) is 0.901. The van der Waals surface area contributed by atoms with Crippen molar-refractivity contribution in [1.29, 1.82) is 0 Å². The van der Waals surface area contributed by atoms with Crippen molar-refractivity contribution in [2.24, 2.45) is 0 Å². The highest BCUT2D eigenvalue weighted by atomic mass is 16.6. The second kappa shape index (κ2) is 8.21. The molecule has 0 atom stereocenters. The van der Waals surface area contributed by atoms with Crippen LogP contribution in [-0.2, 0) is 26.3 Å². The number of rotatable bonds is 5. The number of piperidine rings is 1. The van der Waals surface area contributed by atoms with Gasteiger partial charge in [-0.2, -0.15) is 0 Å². The van der Waals surface area contributed by atoms with E-state index in [1.54, 1.807) is 23.1 Å². The fourth-order valence-electron chi connectivity index (χ4n) is 3.66. The summed E-state index contributed by atoms with van der Waals surface area (Å²) >= 11 is 0. The maximum Gasteiger partial charge on any atom is 0.317 e. The largest absolute Gasteiger partial charge is 0.460 e. The minimum Gasteiger partial charge on any atom is -0.460 e. The molecular weight excluding hydrogens is 360 g/mol. The Labute approximate surface area is 163 Å². The molecule has 1 amide bonds. The molecule has 3 rings (SSSR count). The Bertz CT molecular complexity index is 873. The molecule has 146 valence electrons. The average molecular weight is 382 g/mol. The summed E-state index contributed by atoms with van der Waals surface area (Å²) in [5, 5.41) is 11.2. The van der Waals surface area contributed by atoms with Gasteiger partial charge in [0.15, 0.2) is 0 Å². The summed E-state index contributed by atoms with van der Waals surface area (Å²) in [6, 6.07) is 15.6. The molecule has 0 unspecified atom stereocenters. The Morgan fingerprint density at radius 1 is 1.07 bits per heavy atom. The van der Waals surface area contributed by atoms with Crippen molar-refractivity contribution in [3.05, 3.63) is 75.8 Å². The van der Waals surface area contributed by atoms with E-state index < -0.39 is 16.3 Å². The van der Waals surface area contributed by atoms with Crippen LogP contribution in [0.3, 0.4) is 0 Å². The molecule has 1 aliphatic heterocycles. The van der Waals surface area contributed by atoms with E-state index in [0.717, 1.165) is 5.56 Å². The first-order valence-electron chi connectivity index (χ1n) is 9.14. The number of esters is 1. The van der Waals surface area contributed by atoms with Gasteiger partial charge in [0.1, 0.15) is 6.61 Å². The van der Waals surface area contributed by atoms with E-state index >= 15 is 0 Å². The fourth-order valence-corrected chi connectivity index (χ4v) is 3.66. The van der Waals surface area contributed by atoms with Gasteiger partial charge in [0.2, 0.25) is 5.91 Å². The van der Waals surface area contributed by atoms with E-state index in [2.05, 4.69) is 0 Å². The van der Waals surface area contributed by atoms with Crippen LogP contribution in [0.25, 0.3) is 0 Å². The van der Waals surface area contributed by atoms with E-state index in [-0.39, 0.29) is 18.2 Å². The van der Waals surface area contributed by atoms with Gasteiger partial charge in [-0.25, -0.2) is 0 Å². The molecule has 2 aromatic rings. The second-order valence-electron chi connectivity index (χ2n) is 6.92. The molecule has 7 heteroatoms. The standard InChI is InChI=1S/C21H22N2O5/c1-16(24)22-13-11-21(12-14-22,18-8-3-2-4-9-18)20(25)28-15-17-7-5-6-10-19(17)23(26)27/h2-10H,11-15H2,1H3. The first kappa shape index (κ1) is 19.5. The number of ether oxygens (including phenoxy) is 1. The van der Waals surface area contributed by atoms with Gasteiger partial charge >= 0.3 is 5.97 Å². The lowest BCUT2D eigenvalue weighted by Gasteiger charge is -2.40. The van der Waals surface area contributed by atoms with Crippen LogP contribution in [0.1, 0.15) is 30.9 Å². The zero-order chi connectivity index (χ0) is 20.1. The SMILES string of the molecule is CC(=O)N1CCC(C(=O)OCc2ccccc2[N+](=O)[O-])(c2ccccc2)CC1. The Morgan fingerprint density at radius 3 is 2.29 bits per heavy atom. The maximum atomic E-state index is 13.2. The highest BCUT2D eigenvalue weighted by Crippen LogP contribution is 2.37. The van der Waals surface area contributed by atoms with Gasteiger partial charge in [-0.1, -0.05) is 42.5 Å². The van der Waals surface area contributed by atoms with Crippen LogP contribution in [0.2, 0.25) is 0 Å². The minimum absolute atomic E-state index is 0.0186. The topological polar surface area (TPSA) is 89.8 Å². The Hall–Kier alpha value is -3.22. The number of nitrogens with zero attached hydrogens (tertiary/aromatic N) is 2. The maximum absolute atomic E-state index is 13.2. The third kappa shape index (κ3) is 3.88. The van der Waals surface area contributed by atoms with Crippen molar-refractivity contribution in [1.82, 2.24) is 4.90 Å². The molecule has 2 aromatic carbocycles. The molecule has 0 N–H and O–H groups in total. The molecule has 1 aliphatic rings. The molecule has 1 fully saturated rings. The molecule has 7 nitrogen and oxygen atoms in total. The average Bonchev–Trinajstić information content (AvgIpc) is 2.72. The molecule has 28 heavy (non-hydrogen) atoms. The molecular formula is C21H22N2O5. The van der Waals surface area contributed by atoms with Crippen LogP contribution in [-0.4, -0.2) is 34.8 Å². The number of para-hydroxylation sites is 1. The van der Waals surface area contributed by atoms with Gasteiger partial charge in [0.25, 0.3) is 5.69 Å². The number of amides is 1. The molecule has 0 aliphatic carbocycles. The van der Waals surface area contributed by atoms with Crippen LogP contribution < -0.4 is 0 Å². The zero-order valence-electron chi connectivity index (χ0n) is 15.7. The van der Waals surface area contributed by atoms with Crippen molar-refractivity contribution in [3.63, 3.8) is 0 Å². The monoisotopic (exact) mass is 382 g/mol. The summed E-state index contributed by atoms with van der Waals surface area (Å²) < 4.78 is 5.57. The normalized spacial score (nSPS) is 15.7. The molecule has 0 saturated carbocycles. The minimum atomic E-state index is -0.864. The van der Waals surface area contributed by atoms with Crippen molar-refractivity contribution in [3.8, 4) is 0 Å². The summed E-state index contributed by atoms with van der Waals surface area (Å²) in [4.78, 5) is 37.2. The van der Waals surface area contributed by atoms with E-state index in [4.69, 9.17) is 4.74 Å². The van der Waals surface area contributed by atoms with Crippen molar-refractivity contribution < 1.29 is 19.2 Å². The molecule has 1 heterocycles. The quantitative estimate of drug-likeness (QED) is 0.450. The van der Waals surface area contributed by atoms with Gasteiger partial charge in [-0.05, 0) is 24.5 Å². The van der Waals surface area contributed by atoms with E-state index in [0.29, 0.717) is 31.5 Å². The van der Waals surface area contributed by atoms with Gasteiger partial charge < -0.3 is 9.64 Å². The van der Waals surface area contributed by atoms with E-state index in [1.807, 2.05) is 30.3 Å². The lowest BCUT2D eigenvalue weighted by Crippen LogP contribution is -2.49. The summed E-state index contributed by atoms with van der Waals surface area (Å²) in [6.45, 7) is 2.28. The molecule has 0 spiro atoms. The summed E-state index contributed by atoms with van der Waals surface area (Å²) in [5.74, 6) is -0.435. The van der Waals surface area contributed by atoms with Crippen LogP contribution in [0, 0.1) is 10.1 Å². The Balaban J connectivity index is 1.83. The molecule has 0 aromatic heterocycles. The third-order valence-corrected chi connectivity index (χ3v) is 5.33. The Kier molecular flexibility index (Phi) is 5.73. The highest BCUT2D eigenvalue weighted by molar-refractivity contribution is 5.84. The van der Waals surface area contributed by atoms with Gasteiger partial charge in [-0.3, -0.25) is 19.7 Å². The second-order valence-corrected chi connectivity index (χ2v) is 6.92. The predicted octanol–water partition coefficient (Wildman–Crippen LogP) is 3.22. The lowest BCUT2D eigenvalue weighted by atomic mass is 9.72. The number of hydrogen-bond acceptors (Lipinski definition) is 5.